The Balaban J connectivity index is 1.48. The number of ether oxygens (including phenoxy) is 3. The van der Waals surface area contributed by atoms with Crippen LogP contribution in [0.5, 0.6) is 11.5 Å². The smallest absolute Gasteiger partial charge is 0.343 e. The second kappa shape index (κ2) is 23.6. The molecule has 2 aromatic carbocycles. The van der Waals surface area contributed by atoms with Gasteiger partial charge in [0.25, 0.3) is 0 Å². The van der Waals surface area contributed by atoms with Crippen molar-refractivity contribution in [1.82, 2.24) is 0 Å². The van der Waals surface area contributed by atoms with Crippen LogP contribution < -0.4 is 9.47 Å². The van der Waals surface area contributed by atoms with Gasteiger partial charge in [0.2, 0.25) is 0 Å². The summed E-state index contributed by atoms with van der Waals surface area (Å²) in [6.45, 7) is 7.46. The van der Waals surface area contributed by atoms with Gasteiger partial charge in [0.05, 0.1) is 24.3 Å². The van der Waals surface area contributed by atoms with Crippen molar-refractivity contribution >= 4 is 11.9 Å². The summed E-state index contributed by atoms with van der Waals surface area (Å²) in [5.74, 6) is 0.635. The van der Waals surface area contributed by atoms with E-state index < -0.39 is 5.97 Å². The first-order valence-corrected chi connectivity index (χ1v) is 17.3. The molecular formula is C38H58O5. The first-order valence-electron chi connectivity index (χ1n) is 17.3. The highest BCUT2D eigenvalue weighted by atomic mass is 16.5. The molecule has 0 spiro atoms. The Bertz CT molecular complexity index is 982. The van der Waals surface area contributed by atoms with E-state index in [1.54, 1.807) is 48.5 Å². The van der Waals surface area contributed by atoms with E-state index in [-0.39, 0.29) is 5.97 Å². The van der Waals surface area contributed by atoms with Crippen LogP contribution in [0.3, 0.4) is 0 Å². The number of hydrogen-bond donors (Lipinski definition) is 0. The van der Waals surface area contributed by atoms with Gasteiger partial charge in [-0.15, -0.1) is 0 Å². The molecule has 0 aromatic heterocycles. The Hall–Kier alpha value is -2.82. The maximum absolute atomic E-state index is 12.5. The lowest BCUT2D eigenvalue weighted by atomic mass is 10.0. The van der Waals surface area contributed by atoms with Crippen molar-refractivity contribution < 1.29 is 23.8 Å². The molecule has 0 N–H and O–H groups in total. The van der Waals surface area contributed by atoms with Gasteiger partial charge >= 0.3 is 11.9 Å². The van der Waals surface area contributed by atoms with Crippen LogP contribution in [0.25, 0.3) is 0 Å². The molecule has 43 heavy (non-hydrogen) atoms. The second-order valence-corrected chi connectivity index (χ2v) is 12.1. The maximum Gasteiger partial charge on any atom is 0.343 e. The summed E-state index contributed by atoms with van der Waals surface area (Å²) in [4.78, 5) is 24.7. The summed E-state index contributed by atoms with van der Waals surface area (Å²) in [7, 11) is 0. The van der Waals surface area contributed by atoms with Crippen molar-refractivity contribution in [3.05, 3.63) is 59.7 Å². The number of esters is 2. The predicted molar refractivity (Wildman–Crippen MR) is 177 cm³/mol. The lowest BCUT2D eigenvalue weighted by molar-refractivity contribution is 0.0447. The molecule has 0 amide bonds. The zero-order valence-corrected chi connectivity index (χ0v) is 27.4. The average Bonchev–Trinajstić information content (AvgIpc) is 3.03. The Morgan fingerprint density at radius 2 is 0.977 bits per heavy atom. The summed E-state index contributed by atoms with van der Waals surface area (Å²) in [5, 5.41) is 0. The minimum absolute atomic E-state index is 0.324. The van der Waals surface area contributed by atoms with Crippen molar-refractivity contribution in [2.24, 2.45) is 5.92 Å². The molecule has 2 rings (SSSR count). The van der Waals surface area contributed by atoms with Gasteiger partial charge in [-0.2, -0.15) is 0 Å². The fourth-order valence-corrected chi connectivity index (χ4v) is 4.95. The van der Waals surface area contributed by atoms with E-state index in [1.165, 1.54) is 103 Å². The molecule has 1 atom stereocenters. The van der Waals surface area contributed by atoms with E-state index in [9.17, 15) is 9.59 Å². The van der Waals surface area contributed by atoms with Crippen LogP contribution in [0, 0.1) is 5.92 Å². The fraction of sp³-hybridized carbons (Fsp3) is 0.632. The van der Waals surface area contributed by atoms with Gasteiger partial charge in [-0.25, -0.2) is 9.59 Å². The third-order valence-corrected chi connectivity index (χ3v) is 8.10. The number of benzene rings is 2. The number of carbonyl (C=O) groups is 2. The quantitative estimate of drug-likeness (QED) is 0.0650. The van der Waals surface area contributed by atoms with Gasteiger partial charge in [0.1, 0.15) is 11.5 Å². The summed E-state index contributed by atoms with van der Waals surface area (Å²) >= 11 is 0. The molecule has 0 heterocycles. The molecule has 5 nitrogen and oxygen atoms in total. The van der Waals surface area contributed by atoms with Gasteiger partial charge in [0.15, 0.2) is 0 Å². The minimum Gasteiger partial charge on any atom is -0.494 e. The van der Waals surface area contributed by atoms with E-state index in [1.807, 2.05) is 6.92 Å². The second-order valence-electron chi connectivity index (χ2n) is 12.1. The summed E-state index contributed by atoms with van der Waals surface area (Å²) in [6, 6.07) is 13.5. The Kier molecular flexibility index (Phi) is 20.0. The highest BCUT2D eigenvalue weighted by Crippen LogP contribution is 2.19. The van der Waals surface area contributed by atoms with E-state index >= 15 is 0 Å². The Morgan fingerprint density at radius 3 is 1.44 bits per heavy atom. The summed E-state index contributed by atoms with van der Waals surface area (Å²) < 4.78 is 16.6. The molecule has 240 valence electrons. The number of hydrogen-bond acceptors (Lipinski definition) is 5. The van der Waals surface area contributed by atoms with Crippen molar-refractivity contribution in [2.75, 3.05) is 13.2 Å². The molecule has 0 saturated carbocycles. The largest absolute Gasteiger partial charge is 0.494 e. The fourth-order valence-electron chi connectivity index (χ4n) is 4.95. The monoisotopic (exact) mass is 594 g/mol. The molecule has 2 aromatic rings. The maximum atomic E-state index is 12.5. The standard InChI is InChI=1S/C38H58O5/c1-4-6-7-8-9-10-11-12-13-14-15-16-17-18-19-20-21-30-41-35-26-22-34(23-27-35)38(40)43-36-28-24-33(25-29-36)37(39)42-31-32(3)5-2/h22-29,32H,4-21,30-31H2,1-3H3. The topological polar surface area (TPSA) is 61.8 Å². The Labute approximate surface area is 262 Å². The van der Waals surface area contributed by atoms with Crippen LogP contribution in [0.1, 0.15) is 157 Å². The van der Waals surface area contributed by atoms with Crippen molar-refractivity contribution in [2.45, 2.75) is 136 Å². The predicted octanol–water partition coefficient (Wildman–Crippen LogP) is 11.1. The van der Waals surface area contributed by atoms with Crippen molar-refractivity contribution in [3.8, 4) is 11.5 Å². The van der Waals surface area contributed by atoms with Crippen LogP contribution in [-0.4, -0.2) is 25.2 Å². The van der Waals surface area contributed by atoms with Crippen LogP contribution >= 0.6 is 0 Å². The third-order valence-electron chi connectivity index (χ3n) is 8.10. The number of rotatable bonds is 25. The first kappa shape index (κ1) is 36.4. The molecule has 1 unspecified atom stereocenters. The zero-order valence-electron chi connectivity index (χ0n) is 27.4. The van der Waals surface area contributed by atoms with Gasteiger partial charge in [-0.1, -0.05) is 130 Å². The first-order chi connectivity index (χ1) is 21.0. The van der Waals surface area contributed by atoms with Gasteiger partial charge in [-0.3, -0.25) is 0 Å². The summed E-state index contributed by atoms with van der Waals surface area (Å²) in [6.07, 6.45) is 24.1. The normalized spacial score (nSPS) is 11.7. The Morgan fingerprint density at radius 1 is 0.558 bits per heavy atom. The molecule has 0 saturated heterocycles. The molecule has 0 radical (unpaired) electrons. The molecular weight excluding hydrogens is 536 g/mol. The van der Waals surface area contributed by atoms with E-state index in [2.05, 4.69) is 13.8 Å². The number of unbranched alkanes of at least 4 members (excludes halogenated alkanes) is 16. The highest BCUT2D eigenvalue weighted by Gasteiger charge is 2.12. The van der Waals surface area contributed by atoms with Crippen LogP contribution in [-0.2, 0) is 4.74 Å². The zero-order chi connectivity index (χ0) is 31.0. The van der Waals surface area contributed by atoms with E-state index in [0.717, 1.165) is 18.6 Å². The average molecular weight is 595 g/mol. The molecule has 0 aliphatic rings. The van der Waals surface area contributed by atoms with E-state index in [4.69, 9.17) is 14.2 Å². The summed E-state index contributed by atoms with van der Waals surface area (Å²) in [5.41, 5.74) is 0.881. The lowest BCUT2D eigenvalue weighted by Gasteiger charge is -2.10. The molecule has 0 aliphatic heterocycles. The van der Waals surface area contributed by atoms with Crippen LogP contribution in [0.4, 0.5) is 0 Å². The van der Waals surface area contributed by atoms with Gasteiger partial charge in [-0.05, 0) is 60.9 Å². The molecule has 0 aliphatic carbocycles. The van der Waals surface area contributed by atoms with Gasteiger partial charge in [0, 0.05) is 0 Å². The third kappa shape index (κ3) is 17.2. The highest BCUT2D eigenvalue weighted by molar-refractivity contribution is 5.92. The minimum atomic E-state index is -0.452. The molecule has 0 bridgehead atoms. The SMILES string of the molecule is CCCCCCCCCCCCCCCCCCCOc1ccc(C(=O)Oc2ccc(C(=O)OCC(C)CC)cc2)cc1. The van der Waals surface area contributed by atoms with Crippen LogP contribution in [0.15, 0.2) is 48.5 Å². The van der Waals surface area contributed by atoms with Crippen molar-refractivity contribution in [1.29, 1.82) is 0 Å². The van der Waals surface area contributed by atoms with Crippen molar-refractivity contribution in [3.63, 3.8) is 0 Å². The van der Waals surface area contributed by atoms with E-state index in [0.29, 0.717) is 36.0 Å². The molecule has 0 fully saturated rings. The lowest BCUT2D eigenvalue weighted by Crippen LogP contribution is -2.12. The van der Waals surface area contributed by atoms with Crippen LogP contribution in [0.2, 0.25) is 0 Å². The number of carbonyl (C=O) groups excluding carboxylic acids is 2. The van der Waals surface area contributed by atoms with Gasteiger partial charge < -0.3 is 14.2 Å². The molecule has 5 heteroatoms.